The molecule has 0 aliphatic carbocycles. The van der Waals surface area contributed by atoms with Crippen molar-refractivity contribution < 1.29 is 13.7 Å². The molecule has 0 saturated heterocycles. The molecule has 7 heteroatoms. The van der Waals surface area contributed by atoms with Crippen LogP contribution in [0.2, 0.25) is 0 Å². The SMILES string of the molecule is CCOC(=O)c1cnc(S(C)=O)nc1NC. The van der Waals surface area contributed by atoms with Crippen LogP contribution in [0.25, 0.3) is 0 Å². The molecule has 16 heavy (non-hydrogen) atoms. The lowest BCUT2D eigenvalue weighted by Crippen LogP contribution is -2.12. The number of ether oxygens (including phenoxy) is 1. The van der Waals surface area contributed by atoms with Crippen molar-refractivity contribution in [2.75, 3.05) is 25.2 Å². The molecule has 1 aromatic rings. The zero-order valence-corrected chi connectivity index (χ0v) is 10.1. The Balaban J connectivity index is 3.11. The van der Waals surface area contributed by atoms with Crippen molar-refractivity contribution in [3.63, 3.8) is 0 Å². The number of hydrogen-bond donors (Lipinski definition) is 1. The van der Waals surface area contributed by atoms with Gasteiger partial charge in [0.15, 0.2) is 0 Å². The van der Waals surface area contributed by atoms with E-state index >= 15 is 0 Å². The lowest BCUT2D eigenvalue weighted by atomic mass is 10.3. The van der Waals surface area contributed by atoms with Crippen molar-refractivity contribution in [3.8, 4) is 0 Å². The summed E-state index contributed by atoms with van der Waals surface area (Å²) in [5.41, 5.74) is 0.235. The van der Waals surface area contributed by atoms with Crippen LogP contribution >= 0.6 is 0 Å². The van der Waals surface area contributed by atoms with Crippen LogP contribution in [-0.4, -0.2) is 40.1 Å². The Kier molecular flexibility index (Phi) is 4.36. The standard InChI is InChI=1S/C9H13N3O3S/c1-4-15-8(13)6-5-11-9(16(3)14)12-7(6)10-2/h5H,4H2,1-3H3,(H,10,11,12). The lowest BCUT2D eigenvalue weighted by Gasteiger charge is -2.07. The molecule has 1 atom stereocenters. The maximum atomic E-state index is 11.5. The molecule has 0 bridgehead atoms. The smallest absolute Gasteiger partial charge is 0.343 e. The number of esters is 1. The number of aromatic nitrogens is 2. The zero-order valence-electron chi connectivity index (χ0n) is 9.31. The van der Waals surface area contributed by atoms with E-state index in [1.54, 1.807) is 14.0 Å². The number of carbonyl (C=O) groups is 1. The van der Waals surface area contributed by atoms with E-state index in [0.29, 0.717) is 5.82 Å². The molecule has 0 aromatic carbocycles. The van der Waals surface area contributed by atoms with Crippen molar-refractivity contribution in [2.24, 2.45) is 0 Å². The predicted molar refractivity (Wildman–Crippen MR) is 59.9 cm³/mol. The Labute approximate surface area is 95.9 Å². The highest BCUT2D eigenvalue weighted by Crippen LogP contribution is 2.13. The number of anilines is 1. The molecule has 0 saturated carbocycles. The van der Waals surface area contributed by atoms with E-state index in [1.807, 2.05) is 0 Å². The third-order valence-corrected chi connectivity index (χ3v) is 2.47. The van der Waals surface area contributed by atoms with Gasteiger partial charge in [-0.15, -0.1) is 0 Å². The van der Waals surface area contributed by atoms with Gasteiger partial charge < -0.3 is 10.1 Å². The largest absolute Gasteiger partial charge is 0.462 e. The summed E-state index contributed by atoms with van der Waals surface area (Å²) >= 11 is 0. The first-order valence-corrected chi connectivity index (χ1v) is 6.21. The van der Waals surface area contributed by atoms with Crippen molar-refractivity contribution >= 4 is 22.6 Å². The number of hydrogen-bond acceptors (Lipinski definition) is 6. The van der Waals surface area contributed by atoms with Gasteiger partial charge in [0.2, 0.25) is 5.16 Å². The number of nitrogens with one attached hydrogen (secondary N) is 1. The Hall–Kier alpha value is -1.50. The molecule has 0 radical (unpaired) electrons. The van der Waals surface area contributed by atoms with Crippen molar-refractivity contribution in [1.29, 1.82) is 0 Å². The van der Waals surface area contributed by atoms with E-state index < -0.39 is 16.8 Å². The zero-order chi connectivity index (χ0) is 12.1. The molecule has 6 nitrogen and oxygen atoms in total. The van der Waals surface area contributed by atoms with Crippen LogP contribution in [0.1, 0.15) is 17.3 Å². The summed E-state index contributed by atoms with van der Waals surface area (Å²) in [5.74, 6) is -0.182. The number of nitrogens with zero attached hydrogens (tertiary/aromatic N) is 2. The summed E-state index contributed by atoms with van der Waals surface area (Å²) in [6.07, 6.45) is 2.78. The van der Waals surface area contributed by atoms with Crippen molar-refractivity contribution in [2.45, 2.75) is 12.1 Å². The van der Waals surface area contributed by atoms with Crippen LogP contribution in [-0.2, 0) is 15.5 Å². The summed E-state index contributed by atoms with van der Waals surface area (Å²) in [4.78, 5) is 19.3. The molecule has 0 amide bonds. The molecule has 1 rings (SSSR count). The van der Waals surface area contributed by atoms with E-state index in [2.05, 4.69) is 15.3 Å². The van der Waals surface area contributed by atoms with Gasteiger partial charge in [-0.25, -0.2) is 14.8 Å². The molecule has 0 aliphatic heterocycles. The monoisotopic (exact) mass is 243 g/mol. The second-order valence-electron chi connectivity index (χ2n) is 2.84. The van der Waals surface area contributed by atoms with Crippen LogP contribution in [0, 0.1) is 0 Å². The molecule has 1 N–H and O–H groups in total. The summed E-state index contributed by atoms with van der Waals surface area (Å²) in [7, 11) is 0.338. The summed E-state index contributed by atoms with van der Waals surface area (Å²) in [6, 6.07) is 0. The van der Waals surface area contributed by atoms with E-state index in [4.69, 9.17) is 4.74 Å². The molecule has 88 valence electrons. The van der Waals surface area contributed by atoms with Crippen molar-refractivity contribution in [3.05, 3.63) is 11.8 Å². The molecule has 1 aromatic heterocycles. The minimum atomic E-state index is -1.28. The fourth-order valence-electron chi connectivity index (χ4n) is 1.05. The van der Waals surface area contributed by atoms with E-state index in [1.165, 1.54) is 12.5 Å². The molecular formula is C9H13N3O3S. The van der Waals surface area contributed by atoms with E-state index in [9.17, 15) is 9.00 Å². The molecule has 0 fully saturated rings. The highest BCUT2D eigenvalue weighted by molar-refractivity contribution is 7.84. The van der Waals surface area contributed by atoms with Gasteiger partial charge in [0.1, 0.15) is 11.4 Å². The van der Waals surface area contributed by atoms with Crippen LogP contribution in [0.5, 0.6) is 0 Å². The third kappa shape index (κ3) is 2.75. The number of rotatable bonds is 4. The fraction of sp³-hybridized carbons (Fsp3) is 0.444. The lowest BCUT2D eigenvalue weighted by molar-refractivity contribution is 0.0526. The molecule has 0 spiro atoms. The van der Waals surface area contributed by atoms with Gasteiger partial charge in [0, 0.05) is 19.5 Å². The third-order valence-electron chi connectivity index (χ3n) is 1.76. The van der Waals surface area contributed by atoms with Crippen LogP contribution in [0.3, 0.4) is 0 Å². The number of carbonyl (C=O) groups excluding carboxylic acids is 1. The van der Waals surface area contributed by atoms with Gasteiger partial charge in [-0.2, -0.15) is 0 Å². The van der Waals surface area contributed by atoms with Gasteiger partial charge in [-0.1, -0.05) is 0 Å². The highest BCUT2D eigenvalue weighted by Gasteiger charge is 2.15. The quantitative estimate of drug-likeness (QED) is 0.610. The highest BCUT2D eigenvalue weighted by atomic mass is 32.2. The second-order valence-corrected chi connectivity index (χ2v) is 4.11. The fourth-order valence-corrected chi connectivity index (χ4v) is 1.47. The molecule has 1 unspecified atom stereocenters. The van der Waals surface area contributed by atoms with Gasteiger partial charge in [-0.3, -0.25) is 4.21 Å². The van der Waals surface area contributed by atoms with Gasteiger partial charge >= 0.3 is 5.97 Å². The Morgan fingerprint density at radius 3 is 2.81 bits per heavy atom. The summed E-state index contributed by atoms with van der Waals surface area (Å²) in [5, 5.41) is 2.92. The minimum absolute atomic E-state index is 0.178. The maximum Gasteiger partial charge on any atom is 0.343 e. The Bertz CT molecular complexity index is 422. The topological polar surface area (TPSA) is 81.2 Å². The van der Waals surface area contributed by atoms with Crippen LogP contribution in [0.4, 0.5) is 5.82 Å². The van der Waals surface area contributed by atoms with Gasteiger partial charge in [-0.05, 0) is 6.92 Å². The van der Waals surface area contributed by atoms with Crippen LogP contribution in [0.15, 0.2) is 11.4 Å². The summed E-state index contributed by atoms with van der Waals surface area (Å²) in [6.45, 7) is 2.00. The summed E-state index contributed by atoms with van der Waals surface area (Å²) < 4.78 is 16.0. The normalized spacial score (nSPS) is 11.9. The molecule has 0 aliphatic rings. The Morgan fingerprint density at radius 1 is 1.62 bits per heavy atom. The van der Waals surface area contributed by atoms with Gasteiger partial charge in [0.25, 0.3) is 0 Å². The van der Waals surface area contributed by atoms with E-state index in [0.717, 1.165) is 0 Å². The Morgan fingerprint density at radius 2 is 2.31 bits per heavy atom. The van der Waals surface area contributed by atoms with Gasteiger partial charge in [0.05, 0.1) is 17.4 Å². The molecule has 1 heterocycles. The van der Waals surface area contributed by atoms with E-state index in [-0.39, 0.29) is 17.3 Å². The van der Waals surface area contributed by atoms with Crippen LogP contribution < -0.4 is 5.32 Å². The minimum Gasteiger partial charge on any atom is -0.462 e. The van der Waals surface area contributed by atoms with Crippen molar-refractivity contribution in [1.82, 2.24) is 9.97 Å². The predicted octanol–water partition coefficient (Wildman–Crippen LogP) is 0.432. The molecular weight excluding hydrogens is 230 g/mol. The first kappa shape index (κ1) is 12.6. The first-order chi connectivity index (χ1) is 7.60. The maximum absolute atomic E-state index is 11.5. The second kappa shape index (κ2) is 5.55. The first-order valence-electron chi connectivity index (χ1n) is 4.65. The average Bonchev–Trinajstić information content (AvgIpc) is 2.28. The average molecular weight is 243 g/mol.